The summed E-state index contributed by atoms with van der Waals surface area (Å²) in [5.41, 5.74) is 10.7. The molecular weight excluding hydrogens is 410 g/mol. The van der Waals surface area contributed by atoms with Gasteiger partial charge in [-0.2, -0.15) is 0 Å². The molecule has 154 valence electrons. The van der Waals surface area contributed by atoms with E-state index in [1.165, 1.54) is 46.7 Å². The number of nitrogens with zero attached hydrogens (tertiary/aromatic N) is 2. The van der Waals surface area contributed by atoms with Gasteiger partial charge in [-0.05, 0) is 54.5 Å². The number of nitro benzene ring substituents is 1. The first-order valence-electron chi connectivity index (χ1n) is 10.1. The summed E-state index contributed by atoms with van der Waals surface area (Å²) in [7, 11) is 0. The maximum atomic E-state index is 13.0. The Morgan fingerprint density at radius 3 is 2.58 bits per heavy atom. The first-order chi connectivity index (χ1) is 15.0. The molecule has 1 aliphatic rings. The number of carbonyl (C=O) groups excluding carboxylic acids is 1. The van der Waals surface area contributed by atoms with Gasteiger partial charge in [-0.1, -0.05) is 30.3 Å². The predicted octanol–water partition coefficient (Wildman–Crippen LogP) is 5.29. The van der Waals surface area contributed by atoms with Crippen molar-refractivity contribution >= 4 is 38.7 Å². The number of benzene rings is 2. The van der Waals surface area contributed by atoms with Crippen molar-refractivity contribution in [3.05, 3.63) is 98.0 Å². The van der Waals surface area contributed by atoms with E-state index in [9.17, 15) is 14.9 Å². The number of ketones is 1. The van der Waals surface area contributed by atoms with E-state index in [0.717, 1.165) is 35.2 Å². The van der Waals surface area contributed by atoms with Crippen molar-refractivity contribution in [1.29, 1.82) is 0 Å². The molecule has 0 amide bonds. The molecule has 6 nitrogen and oxygen atoms in total. The zero-order chi connectivity index (χ0) is 21.5. The van der Waals surface area contributed by atoms with Crippen LogP contribution in [0.3, 0.4) is 0 Å². The monoisotopic (exact) mass is 429 g/mol. The molecule has 0 spiro atoms. The molecule has 2 N–H and O–H groups in total. The lowest BCUT2D eigenvalue weighted by Crippen LogP contribution is -2.14. The molecule has 7 heteroatoms. The highest BCUT2D eigenvalue weighted by Gasteiger charge is 2.25. The van der Waals surface area contributed by atoms with E-state index in [1.54, 1.807) is 0 Å². The molecule has 2 aromatic heterocycles. The number of carbonyl (C=O) groups is 1. The number of nitrogen functional groups attached to an aromatic ring is 1. The second-order valence-corrected chi connectivity index (χ2v) is 8.77. The second-order valence-electron chi connectivity index (χ2n) is 7.78. The fourth-order valence-electron chi connectivity index (χ4n) is 4.23. The van der Waals surface area contributed by atoms with Crippen LogP contribution in [0.5, 0.6) is 0 Å². The number of aromatic nitrogens is 1. The summed E-state index contributed by atoms with van der Waals surface area (Å²) in [6, 6.07) is 18.2. The van der Waals surface area contributed by atoms with Crippen LogP contribution in [0.1, 0.15) is 44.4 Å². The van der Waals surface area contributed by atoms with Crippen molar-refractivity contribution in [2.45, 2.75) is 25.2 Å². The number of non-ortho nitro benzene ring substituents is 1. The molecule has 1 unspecified atom stereocenters. The molecule has 0 bridgehead atoms. The van der Waals surface area contributed by atoms with Crippen LogP contribution < -0.4 is 5.73 Å². The van der Waals surface area contributed by atoms with Crippen LogP contribution in [-0.2, 0) is 12.8 Å². The quantitative estimate of drug-likeness (QED) is 0.270. The Morgan fingerprint density at radius 1 is 1.13 bits per heavy atom. The van der Waals surface area contributed by atoms with Gasteiger partial charge < -0.3 is 5.73 Å². The molecule has 1 aliphatic carbocycles. The molecule has 4 aromatic rings. The number of aryl methyl sites for hydroxylation is 1. The molecular formula is C24H19N3O3S. The molecule has 1 atom stereocenters. The molecule has 31 heavy (non-hydrogen) atoms. The number of anilines is 1. The van der Waals surface area contributed by atoms with Crippen LogP contribution >= 0.6 is 11.3 Å². The van der Waals surface area contributed by atoms with Gasteiger partial charge in [0.1, 0.15) is 9.71 Å². The van der Waals surface area contributed by atoms with Crippen molar-refractivity contribution < 1.29 is 9.72 Å². The van der Waals surface area contributed by atoms with Crippen LogP contribution in [0.4, 0.5) is 11.4 Å². The van der Waals surface area contributed by atoms with Gasteiger partial charge in [0.2, 0.25) is 5.78 Å². The van der Waals surface area contributed by atoms with Gasteiger partial charge in [-0.15, -0.1) is 11.3 Å². The Hall–Kier alpha value is -3.58. The van der Waals surface area contributed by atoms with Gasteiger partial charge in [0.25, 0.3) is 5.69 Å². The van der Waals surface area contributed by atoms with Gasteiger partial charge in [0.15, 0.2) is 0 Å². The van der Waals surface area contributed by atoms with E-state index in [1.807, 2.05) is 6.07 Å². The fraction of sp³-hybridized carbons (Fsp3) is 0.167. The van der Waals surface area contributed by atoms with Gasteiger partial charge in [-0.25, -0.2) is 4.98 Å². The Kier molecular flexibility index (Phi) is 4.75. The molecule has 2 heterocycles. The Bertz CT molecular complexity index is 1310. The lowest BCUT2D eigenvalue weighted by Gasteiger charge is -2.24. The van der Waals surface area contributed by atoms with E-state index >= 15 is 0 Å². The summed E-state index contributed by atoms with van der Waals surface area (Å²) in [6.07, 6.45) is 2.85. The first kappa shape index (κ1) is 19.4. The number of hydrogen-bond donors (Lipinski definition) is 1. The number of rotatable bonds is 4. The van der Waals surface area contributed by atoms with Crippen molar-refractivity contribution in [2.24, 2.45) is 0 Å². The minimum Gasteiger partial charge on any atom is -0.397 e. The number of nitro groups is 1. The molecule has 0 saturated heterocycles. The van der Waals surface area contributed by atoms with Crippen LogP contribution in [0.2, 0.25) is 0 Å². The van der Waals surface area contributed by atoms with Crippen LogP contribution in [0.25, 0.3) is 10.2 Å². The van der Waals surface area contributed by atoms with Gasteiger partial charge in [0.05, 0.1) is 10.6 Å². The van der Waals surface area contributed by atoms with Gasteiger partial charge in [-0.3, -0.25) is 14.9 Å². The summed E-state index contributed by atoms with van der Waals surface area (Å²) in [4.78, 5) is 29.4. The van der Waals surface area contributed by atoms with Crippen molar-refractivity contribution in [1.82, 2.24) is 4.98 Å². The summed E-state index contributed by atoms with van der Waals surface area (Å²) in [5, 5.41) is 11.7. The normalized spacial score (nSPS) is 15.5. The topological polar surface area (TPSA) is 99.1 Å². The lowest BCUT2D eigenvalue weighted by molar-refractivity contribution is -0.384. The molecule has 0 aliphatic heterocycles. The standard InChI is InChI=1S/C24H19N3O3S/c25-21-19-13-17-12-16(14-4-2-1-3-5-14)8-11-20(17)26-24(19)31-23(21)22(28)15-6-9-18(10-7-15)27(29)30/h1-7,9-10,13,16H,8,11-12,25H2. The van der Waals surface area contributed by atoms with Crippen LogP contribution in [-0.4, -0.2) is 15.7 Å². The number of fused-ring (bicyclic) bond motifs is 2. The second kappa shape index (κ2) is 7.59. The fourth-order valence-corrected chi connectivity index (χ4v) is 5.29. The minimum absolute atomic E-state index is 0.0526. The molecule has 5 rings (SSSR count). The third-order valence-electron chi connectivity index (χ3n) is 5.90. The van der Waals surface area contributed by atoms with E-state index in [-0.39, 0.29) is 11.5 Å². The van der Waals surface area contributed by atoms with Crippen LogP contribution in [0.15, 0.2) is 60.7 Å². The van der Waals surface area contributed by atoms with Crippen molar-refractivity contribution in [2.75, 3.05) is 5.73 Å². The van der Waals surface area contributed by atoms with E-state index < -0.39 is 4.92 Å². The predicted molar refractivity (Wildman–Crippen MR) is 122 cm³/mol. The van der Waals surface area contributed by atoms with Crippen molar-refractivity contribution in [3.8, 4) is 0 Å². The molecule has 0 fully saturated rings. The lowest BCUT2D eigenvalue weighted by atomic mass is 9.82. The highest BCUT2D eigenvalue weighted by atomic mass is 32.1. The van der Waals surface area contributed by atoms with Gasteiger partial charge in [0, 0.05) is 28.8 Å². The minimum atomic E-state index is -0.487. The Morgan fingerprint density at radius 2 is 1.87 bits per heavy atom. The number of thiophene rings is 1. The number of pyridine rings is 1. The highest BCUT2D eigenvalue weighted by molar-refractivity contribution is 7.21. The zero-order valence-electron chi connectivity index (χ0n) is 16.6. The van der Waals surface area contributed by atoms with E-state index in [0.29, 0.717) is 22.0 Å². The van der Waals surface area contributed by atoms with Crippen molar-refractivity contribution in [3.63, 3.8) is 0 Å². The van der Waals surface area contributed by atoms with Crippen LogP contribution in [0, 0.1) is 10.1 Å². The SMILES string of the molecule is Nc1c(C(=O)c2ccc([N+](=O)[O-])cc2)sc2nc3c(cc12)CC(c1ccccc1)CC3. The molecule has 0 saturated carbocycles. The maximum Gasteiger partial charge on any atom is 0.269 e. The average Bonchev–Trinajstić information content (AvgIpc) is 3.12. The summed E-state index contributed by atoms with van der Waals surface area (Å²) >= 11 is 1.29. The van der Waals surface area contributed by atoms with Gasteiger partial charge >= 0.3 is 0 Å². The Balaban J connectivity index is 1.49. The summed E-state index contributed by atoms with van der Waals surface area (Å²) in [5.74, 6) is 0.213. The first-order valence-corrected chi connectivity index (χ1v) is 10.9. The zero-order valence-corrected chi connectivity index (χ0v) is 17.4. The number of nitrogens with two attached hydrogens (primary N) is 1. The summed E-state index contributed by atoms with van der Waals surface area (Å²) in [6.45, 7) is 0. The third kappa shape index (κ3) is 3.47. The largest absolute Gasteiger partial charge is 0.397 e. The smallest absolute Gasteiger partial charge is 0.269 e. The Labute approximate surface area is 182 Å². The maximum absolute atomic E-state index is 13.0. The van der Waals surface area contributed by atoms with E-state index in [4.69, 9.17) is 10.7 Å². The molecule has 0 radical (unpaired) electrons. The highest BCUT2D eigenvalue weighted by Crippen LogP contribution is 2.39. The number of hydrogen-bond acceptors (Lipinski definition) is 6. The molecule has 2 aromatic carbocycles. The van der Waals surface area contributed by atoms with E-state index in [2.05, 4.69) is 30.3 Å². The third-order valence-corrected chi connectivity index (χ3v) is 7.02. The average molecular weight is 430 g/mol. The summed E-state index contributed by atoms with van der Waals surface area (Å²) < 4.78 is 0.